The summed E-state index contributed by atoms with van der Waals surface area (Å²) in [5, 5.41) is 0. The summed E-state index contributed by atoms with van der Waals surface area (Å²) in [5.74, 6) is 0.119. The lowest BCUT2D eigenvalue weighted by Crippen LogP contribution is -2.38. The molecule has 0 aliphatic rings. The van der Waals surface area contributed by atoms with Crippen LogP contribution in [0.15, 0.2) is 0 Å². The normalized spacial score (nSPS) is 13.2. The number of nitrogens with two attached hydrogens (primary N) is 1. The van der Waals surface area contributed by atoms with E-state index in [9.17, 15) is 4.79 Å². The molecule has 0 heterocycles. The molecule has 1 atom stereocenters. The SMILES string of the molecule is CC(C)CONC(=O)[C@H](C)N. The highest BCUT2D eigenvalue weighted by molar-refractivity contribution is 5.79. The Morgan fingerprint density at radius 1 is 1.55 bits per heavy atom. The summed E-state index contributed by atoms with van der Waals surface area (Å²) in [6.07, 6.45) is 0. The van der Waals surface area contributed by atoms with Crippen LogP contribution in [0.3, 0.4) is 0 Å². The highest BCUT2D eigenvalue weighted by Crippen LogP contribution is 1.89. The van der Waals surface area contributed by atoms with E-state index >= 15 is 0 Å². The number of hydroxylamine groups is 1. The zero-order valence-corrected chi connectivity index (χ0v) is 7.26. The van der Waals surface area contributed by atoms with Gasteiger partial charge in [0.2, 0.25) is 0 Å². The molecular weight excluding hydrogens is 144 g/mol. The van der Waals surface area contributed by atoms with Crippen molar-refractivity contribution >= 4 is 5.91 Å². The molecule has 0 aliphatic carbocycles. The third-order valence-corrected chi connectivity index (χ3v) is 1.00. The van der Waals surface area contributed by atoms with Gasteiger partial charge in [-0.1, -0.05) is 13.8 Å². The predicted octanol–water partition coefficient (Wildman–Crippen LogP) is 0.0374. The van der Waals surface area contributed by atoms with E-state index in [0.717, 1.165) is 0 Å². The molecular formula is C7H16N2O2. The van der Waals surface area contributed by atoms with Crippen molar-refractivity contribution in [1.82, 2.24) is 5.48 Å². The van der Waals surface area contributed by atoms with Crippen LogP contribution in [0.1, 0.15) is 20.8 Å². The molecule has 0 aromatic carbocycles. The minimum atomic E-state index is -0.512. The van der Waals surface area contributed by atoms with Crippen molar-refractivity contribution in [3.8, 4) is 0 Å². The smallest absolute Gasteiger partial charge is 0.260 e. The van der Waals surface area contributed by atoms with Crippen LogP contribution < -0.4 is 11.2 Å². The first kappa shape index (κ1) is 10.4. The summed E-state index contributed by atoms with van der Waals surface area (Å²) in [5.41, 5.74) is 7.51. The average Bonchev–Trinajstić information content (AvgIpc) is 1.86. The lowest BCUT2D eigenvalue weighted by Gasteiger charge is -2.08. The van der Waals surface area contributed by atoms with Gasteiger partial charge in [-0.15, -0.1) is 0 Å². The summed E-state index contributed by atoms with van der Waals surface area (Å²) in [6.45, 7) is 6.11. The second-order valence-corrected chi connectivity index (χ2v) is 2.96. The van der Waals surface area contributed by atoms with E-state index in [1.807, 2.05) is 13.8 Å². The van der Waals surface area contributed by atoms with Gasteiger partial charge in [-0.2, -0.15) is 0 Å². The van der Waals surface area contributed by atoms with Crippen LogP contribution in [-0.2, 0) is 9.63 Å². The second-order valence-electron chi connectivity index (χ2n) is 2.96. The molecule has 0 saturated heterocycles. The molecule has 0 aromatic heterocycles. The quantitative estimate of drug-likeness (QED) is 0.570. The minimum Gasteiger partial charge on any atom is -0.320 e. The standard InChI is InChI=1S/C7H16N2O2/c1-5(2)4-11-9-7(10)6(3)8/h5-6H,4,8H2,1-3H3,(H,9,10)/t6-/m0/s1. The van der Waals surface area contributed by atoms with Crippen LogP contribution in [0.2, 0.25) is 0 Å². The van der Waals surface area contributed by atoms with Gasteiger partial charge in [-0.05, 0) is 12.8 Å². The monoisotopic (exact) mass is 160 g/mol. The maximum atomic E-state index is 10.8. The van der Waals surface area contributed by atoms with Crippen molar-refractivity contribution in [1.29, 1.82) is 0 Å². The van der Waals surface area contributed by atoms with E-state index in [1.54, 1.807) is 6.92 Å². The van der Waals surface area contributed by atoms with Crippen LogP contribution >= 0.6 is 0 Å². The van der Waals surface area contributed by atoms with E-state index in [2.05, 4.69) is 5.48 Å². The number of carbonyl (C=O) groups is 1. The average molecular weight is 160 g/mol. The van der Waals surface area contributed by atoms with Crippen molar-refractivity contribution in [2.75, 3.05) is 6.61 Å². The highest BCUT2D eigenvalue weighted by atomic mass is 16.7. The number of hydrogen-bond acceptors (Lipinski definition) is 3. The first-order chi connectivity index (χ1) is 5.04. The van der Waals surface area contributed by atoms with E-state index in [0.29, 0.717) is 12.5 Å². The molecule has 0 unspecified atom stereocenters. The zero-order chi connectivity index (χ0) is 8.85. The van der Waals surface area contributed by atoms with E-state index in [4.69, 9.17) is 10.6 Å². The lowest BCUT2D eigenvalue weighted by molar-refractivity contribution is -0.135. The first-order valence-corrected chi connectivity index (χ1v) is 3.71. The maximum absolute atomic E-state index is 10.8. The third-order valence-electron chi connectivity index (χ3n) is 1.00. The molecule has 0 radical (unpaired) electrons. The van der Waals surface area contributed by atoms with E-state index in [1.165, 1.54) is 0 Å². The van der Waals surface area contributed by atoms with Gasteiger partial charge in [-0.3, -0.25) is 9.63 Å². The molecule has 0 fully saturated rings. The van der Waals surface area contributed by atoms with Crippen LogP contribution in [0, 0.1) is 5.92 Å². The van der Waals surface area contributed by atoms with Gasteiger partial charge in [0.05, 0.1) is 12.6 Å². The number of amides is 1. The maximum Gasteiger partial charge on any atom is 0.260 e. The molecule has 4 heteroatoms. The fourth-order valence-electron chi connectivity index (χ4n) is 0.372. The molecule has 0 spiro atoms. The summed E-state index contributed by atoms with van der Waals surface area (Å²) >= 11 is 0. The van der Waals surface area contributed by atoms with Crippen LogP contribution in [0.5, 0.6) is 0 Å². The number of rotatable bonds is 4. The third kappa shape index (κ3) is 5.82. The minimum absolute atomic E-state index is 0.286. The van der Waals surface area contributed by atoms with Crippen LogP contribution in [0.25, 0.3) is 0 Å². The number of hydrogen-bond donors (Lipinski definition) is 2. The summed E-state index contributed by atoms with van der Waals surface area (Å²) in [4.78, 5) is 15.6. The molecule has 0 rings (SSSR count). The Bertz CT molecular complexity index is 124. The van der Waals surface area contributed by atoms with Gasteiger partial charge in [0.25, 0.3) is 5.91 Å². The van der Waals surface area contributed by atoms with E-state index < -0.39 is 6.04 Å². The van der Waals surface area contributed by atoms with Gasteiger partial charge >= 0.3 is 0 Å². The fraction of sp³-hybridized carbons (Fsp3) is 0.857. The Morgan fingerprint density at radius 3 is 2.45 bits per heavy atom. The van der Waals surface area contributed by atoms with Gasteiger partial charge in [0, 0.05) is 0 Å². The molecule has 11 heavy (non-hydrogen) atoms. The summed E-state index contributed by atoms with van der Waals surface area (Å²) in [7, 11) is 0. The topological polar surface area (TPSA) is 64.3 Å². The number of nitrogens with one attached hydrogen (secondary N) is 1. The Kier molecular flexibility index (Phi) is 4.81. The van der Waals surface area contributed by atoms with Crippen molar-refractivity contribution in [2.45, 2.75) is 26.8 Å². The Balaban J connectivity index is 3.32. The largest absolute Gasteiger partial charge is 0.320 e. The van der Waals surface area contributed by atoms with Gasteiger partial charge < -0.3 is 5.73 Å². The van der Waals surface area contributed by atoms with Crippen molar-refractivity contribution < 1.29 is 9.63 Å². The van der Waals surface area contributed by atoms with Crippen molar-refractivity contribution in [2.24, 2.45) is 11.7 Å². The molecule has 0 aliphatic heterocycles. The molecule has 3 N–H and O–H groups in total. The summed E-state index contributed by atoms with van der Waals surface area (Å²) < 4.78 is 0. The fourth-order valence-corrected chi connectivity index (χ4v) is 0.372. The summed E-state index contributed by atoms with van der Waals surface area (Å²) in [6, 6.07) is -0.512. The van der Waals surface area contributed by atoms with Crippen molar-refractivity contribution in [3.05, 3.63) is 0 Å². The zero-order valence-electron chi connectivity index (χ0n) is 7.26. The lowest BCUT2D eigenvalue weighted by atomic mass is 10.2. The highest BCUT2D eigenvalue weighted by Gasteiger charge is 2.06. The van der Waals surface area contributed by atoms with Crippen LogP contribution in [0.4, 0.5) is 0 Å². The second kappa shape index (κ2) is 5.09. The van der Waals surface area contributed by atoms with Gasteiger partial charge in [0.15, 0.2) is 0 Å². The molecule has 66 valence electrons. The molecule has 1 amide bonds. The van der Waals surface area contributed by atoms with Crippen molar-refractivity contribution in [3.63, 3.8) is 0 Å². The number of carbonyl (C=O) groups excluding carboxylic acids is 1. The Morgan fingerprint density at radius 2 is 2.09 bits per heavy atom. The predicted molar refractivity (Wildman–Crippen MR) is 42.6 cm³/mol. The van der Waals surface area contributed by atoms with Gasteiger partial charge in [-0.25, -0.2) is 5.48 Å². The molecule has 0 bridgehead atoms. The van der Waals surface area contributed by atoms with Gasteiger partial charge in [0.1, 0.15) is 0 Å². The Labute approximate surface area is 67.0 Å². The van der Waals surface area contributed by atoms with E-state index in [-0.39, 0.29) is 5.91 Å². The molecule has 4 nitrogen and oxygen atoms in total. The first-order valence-electron chi connectivity index (χ1n) is 3.71. The molecule has 0 aromatic rings. The Hall–Kier alpha value is -0.610. The van der Waals surface area contributed by atoms with Crippen LogP contribution in [-0.4, -0.2) is 18.6 Å². The molecule has 0 saturated carbocycles.